The highest BCUT2D eigenvalue weighted by Crippen LogP contribution is 2.28. The van der Waals surface area contributed by atoms with Crippen LogP contribution in [0, 0.1) is 0 Å². The lowest BCUT2D eigenvalue weighted by molar-refractivity contribution is -0.125. The van der Waals surface area contributed by atoms with Crippen LogP contribution in [0.1, 0.15) is 19.4 Å². The largest absolute Gasteiger partial charge is 0.496 e. The number of hydrogen-bond acceptors (Lipinski definition) is 3. The number of rotatable bonds is 3. The number of urea groups is 1. The van der Waals surface area contributed by atoms with Gasteiger partial charge < -0.3 is 9.64 Å². The summed E-state index contributed by atoms with van der Waals surface area (Å²) in [5.74, 6) is 0.454. The van der Waals surface area contributed by atoms with Crippen LogP contribution in [0.4, 0.5) is 4.79 Å². The molecule has 3 amide bonds. The van der Waals surface area contributed by atoms with Gasteiger partial charge in [0.1, 0.15) is 11.3 Å². The van der Waals surface area contributed by atoms with E-state index in [-0.39, 0.29) is 11.9 Å². The van der Waals surface area contributed by atoms with E-state index in [1.165, 1.54) is 4.90 Å². The highest BCUT2D eigenvalue weighted by atomic mass is 79.9. The number of imide groups is 1. The maximum absolute atomic E-state index is 11.8. The monoisotopic (exact) mass is 326 g/mol. The molecule has 6 heteroatoms. The van der Waals surface area contributed by atoms with Gasteiger partial charge in [-0.05, 0) is 47.5 Å². The Morgan fingerprint density at radius 3 is 2.53 bits per heavy atom. The third-order valence-electron chi connectivity index (χ3n) is 3.25. The molecule has 19 heavy (non-hydrogen) atoms. The third-order valence-corrected chi connectivity index (χ3v) is 3.87. The van der Waals surface area contributed by atoms with Crippen LogP contribution in [0.3, 0.4) is 0 Å². The number of benzene rings is 1. The fourth-order valence-corrected chi connectivity index (χ4v) is 2.54. The first kappa shape index (κ1) is 13.9. The Labute approximate surface area is 120 Å². The minimum atomic E-state index is -0.830. The first-order chi connectivity index (χ1) is 8.86. The summed E-state index contributed by atoms with van der Waals surface area (Å²) in [5, 5.41) is 2.33. The maximum atomic E-state index is 11.8. The Kier molecular flexibility index (Phi) is 3.54. The van der Waals surface area contributed by atoms with Crippen molar-refractivity contribution in [1.82, 2.24) is 10.2 Å². The molecule has 1 heterocycles. The number of halogens is 1. The second kappa shape index (κ2) is 4.85. The second-order valence-corrected chi connectivity index (χ2v) is 5.73. The fourth-order valence-electron chi connectivity index (χ4n) is 1.95. The van der Waals surface area contributed by atoms with E-state index in [1.807, 2.05) is 18.2 Å². The fraction of sp³-hybridized carbons (Fsp3) is 0.385. The van der Waals surface area contributed by atoms with Crippen LogP contribution >= 0.6 is 15.9 Å². The molecule has 1 N–H and O–H groups in total. The number of nitrogens with zero attached hydrogens (tertiary/aromatic N) is 1. The van der Waals surface area contributed by atoms with Gasteiger partial charge in [0.2, 0.25) is 0 Å². The number of ether oxygens (including phenoxy) is 1. The van der Waals surface area contributed by atoms with Crippen LogP contribution in [0.5, 0.6) is 5.75 Å². The zero-order chi connectivity index (χ0) is 14.2. The molecule has 1 aliphatic heterocycles. The van der Waals surface area contributed by atoms with Gasteiger partial charge in [-0.2, -0.15) is 0 Å². The van der Waals surface area contributed by atoms with E-state index in [9.17, 15) is 9.59 Å². The van der Waals surface area contributed by atoms with E-state index >= 15 is 0 Å². The van der Waals surface area contributed by atoms with Crippen LogP contribution in [0.15, 0.2) is 22.7 Å². The number of amides is 3. The summed E-state index contributed by atoms with van der Waals surface area (Å²) in [7, 11) is 1.59. The number of carbonyl (C=O) groups excluding carboxylic acids is 2. The zero-order valence-electron chi connectivity index (χ0n) is 11.0. The van der Waals surface area contributed by atoms with Crippen molar-refractivity contribution in [2.24, 2.45) is 0 Å². The molecule has 0 aromatic heterocycles. The molecule has 2 rings (SSSR count). The van der Waals surface area contributed by atoms with Gasteiger partial charge in [-0.15, -0.1) is 0 Å². The summed E-state index contributed by atoms with van der Waals surface area (Å²) < 4.78 is 5.97. The molecular weight excluding hydrogens is 312 g/mol. The minimum Gasteiger partial charge on any atom is -0.496 e. The molecule has 0 bridgehead atoms. The number of methoxy groups -OCH3 is 1. The molecule has 102 valence electrons. The molecule has 0 spiro atoms. The van der Waals surface area contributed by atoms with E-state index < -0.39 is 5.54 Å². The average Bonchev–Trinajstić information content (AvgIpc) is 2.52. The Morgan fingerprint density at radius 1 is 1.37 bits per heavy atom. The molecular formula is C13H15BrN2O3. The summed E-state index contributed by atoms with van der Waals surface area (Å²) in [6.07, 6.45) is 0. The van der Waals surface area contributed by atoms with Crippen LogP contribution in [-0.4, -0.2) is 29.5 Å². The topological polar surface area (TPSA) is 58.6 Å². The van der Waals surface area contributed by atoms with E-state index in [0.29, 0.717) is 6.54 Å². The van der Waals surface area contributed by atoms with Crippen molar-refractivity contribution in [3.05, 3.63) is 28.2 Å². The van der Waals surface area contributed by atoms with Crippen molar-refractivity contribution in [1.29, 1.82) is 0 Å². The SMILES string of the molecule is COc1ccc(CN2C(=O)NC(=O)C2(C)C)cc1Br. The van der Waals surface area contributed by atoms with Crippen molar-refractivity contribution in [2.45, 2.75) is 25.9 Å². The summed E-state index contributed by atoms with van der Waals surface area (Å²) >= 11 is 3.40. The van der Waals surface area contributed by atoms with Gasteiger partial charge in [0.15, 0.2) is 0 Å². The first-order valence-corrected chi connectivity index (χ1v) is 6.61. The Balaban J connectivity index is 2.24. The van der Waals surface area contributed by atoms with Gasteiger partial charge in [-0.3, -0.25) is 10.1 Å². The summed E-state index contributed by atoms with van der Waals surface area (Å²) in [6.45, 7) is 3.82. The molecule has 1 fully saturated rings. The van der Waals surface area contributed by atoms with E-state index in [1.54, 1.807) is 21.0 Å². The van der Waals surface area contributed by atoms with E-state index in [4.69, 9.17) is 4.74 Å². The summed E-state index contributed by atoms with van der Waals surface area (Å²) in [5.41, 5.74) is 0.0920. The van der Waals surface area contributed by atoms with Gasteiger partial charge >= 0.3 is 6.03 Å². The Bertz CT molecular complexity index is 543. The molecule has 1 aromatic carbocycles. The van der Waals surface area contributed by atoms with Crippen LogP contribution in [-0.2, 0) is 11.3 Å². The van der Waals surface area contributed by atoms with Gasteiger partial charge in [-0.1, -0.05) is 6.07 Å². The number of nitrogens with one attached hydrogen (secondary N) is 1. The molecule has 1 aromatic rings. The molecule has 0 saturated carbocycles. The van der Waals surface area contributed by atoms with Gasteiger partial charge in [0.25, 0.3) is 5.91 Å². The van der Waals surface area contributed by atoms with Crippen LogP contribution in [0.2, 0.25) is 0 Å². The smallest absolute Gasteiger partial charge is 0.325 e. The number of carbonyl (C=O) groups is 2. The predicted molar refractivity (Wildman–Crippen MR) is 73.9 cm³/mol. The van der Waals surface area contributed by atoms with Gasteiger partial charge in [0.05, 0.1) is 11.6 Å². The standard InChI is InChI=1S/C13H15BrN2O3/c1-13(2)11(17)15-12(18)16(13)7-8-4-5-10(19-3)9(14)6-8/h4-6H,7H2,1-3H3,(H,15,17,18). The minimum absolute atomic E-state index is 0.273. The molecule has 1 saturated heterocycles. The zero-order valence-corrected chi connectivity index (χ0v) is 12.6. The lowest BCUT2D eigenvalue weighted by Crippen LogP contribution is -2.43. The number of hydrogen-bond donors (Lipinski definition) is 1. The van der Waals surface area contributed by atoms with Gasteiger partial charge in [0, 0.05) is 6.54 Å². The predicted octanol–water partition coefficient (Wildman–Crippen LogP) is 2.29. The van der Waals surface area contributed by atoms with Crippen molar-refractivity contribution in [2.75, 3.05) is 7.11 Å². The molecule has 0 aliphatic carbocycles. The quantitative estimate of drug-likeness (QED) is 0.867. The lowest BCUT2D eigenvalue weighted by atomic mass is 10.0. The van der Waals surface area contributed by atoms with Crippen molar-refractivity contribution in [3.63, 3.8) is 0 Å². The van der Waals surface area contributed by atoms with Crippen LogP contribution in [0.25, 0.3) is 0 Å². The Hall–Kier alpha value is -1.56. The molecule has 5 nitrogen and oxygen atoms in total. The highest BCUT2D eigenvalue weighted by Gasteiger charge is 2.45. The molecule has 0 unspecified atom stereocenters. The van der Waals surface area contributed by atoms with Crippen LogP contribution < -0.4 is 10.1 Å². The Morgan fingerprint density at radius 2 is 2.05 bits per heavy atom. The average molecular weight is 327 g/mol. The van der Waals surface area contributed by atoms with E-state index in [0.717, 1.165) is 15.8 Å². The van der Waals surface area contributed by atoms with Gasteiger partial charge in [-0.25, -0.2) is 4.79 Å². The van der Waals surface area contributed by atoms with Crippen molar-refractivity contribution < 1.29 is 14.3 Å². The van der Waals surface area contributed by atoms with E-state index in [2.05, 4.69) is 21.2 Å². The molecule has 0 radical (unpaired) electrons. The summed E-state index contributed by atoms with van der Waals surface area (Å²) in [4.78, 5) is 25.0. The summed E-state index contributed by atoms with van der Waals surface area (Å²) in [6, 6.07) is 5.21. The van der Waals surface area contributed by atoms with Crippen molar-refractivity contribution >= 4 is 27.9 Å². The maximum Gasteiger partial charge on any atom is 0.325 e. The highest BCUT2D eigenvalue weighted by molar-refractivity contribution is 9.10. The van der Waals surface area contributed by atoms with Crippen molar-refractivity contribution in [3.8, 4) is 5.75 Å². The molecule has 1 aliphatic rings. The first-order valence-electron chi connectivity index (χ1n) is 5.81. The molecule has 0 atom stereocenters. The lowest BCUT2D eigenvalue weighted by Gasteiger charge is -2.28. The third kappa shape index (κ3) is 2.45. The second-order valence-electron chi connectivity index (χ2n) is 4.87. The normalized spacial score (nSPS) is 17.6.